The van der Waals surface area contributed by atoms with Gasteiger partial charge in [-0.15, -0.1) is 0 Å². The molecule has 2 heterocycles. The van der Waals surface area contributed by atoms with Gasteiger partial charge in [-0.05, 0) is 74.9 Å². The van der Waals surface area contributed by atoms with E-state index in [0.717, 1.165) is 88.7 Å². The number of amides is 3. The summed E-state index contributed by atoms with van der Waals surface area (Å²) < 4.78 is 0. The molecule has 11 nitrogen and oxygen atoms in total. The van der Waals surface area contributed by atoms with Crippen molar-refractivity contribution in [1.82, 2.24) is 31.1 Å². The van der Waals surface area contributed by atoms with Gasteiger partial charge in [0.2, 0.25) is 18.2 Å². The van der Waals surface area contributed by atoms with Crippen LogP contribution in [0.15, 0.2) is 84.1 Å². The number of aldehydes is 1. The zero-order chi connectivity index (χ0) is 37.3. The molecule has 6 N–H and O–H groups in total. The molecule has 3 unspecified atom stereocenters. The normalized spacial score (nSPS) is 18.0. The van der Waals surface area contributed by atoms with Gasteiger partial charge in [-0.1, -0.05) is 86.5 Å². The fourth-order valence-electron chi connectivity index (χ4n) is 7.28. The van der Waals surface area contributed by atoms with Crippen molar-refractivity contribution < 1.29 is 19.2 Å². The minimum Gasteiger partial charge on any atom is -0.376 e. The maximum Gasteiger partial charge on any atom is 0.245 e. The van der Waals surface area contributed by atoms with Crippen LogP contribution < -0.4 is 27.0 Å². The molecule has 5 rings (SSSR count). The van der Waals surface area contributed by atoms with E-state index in [1.54, 1.807) is 4.90 Å². The molecule has 3 aliphatic rings. The molecule has 11 heteroatoms. The zero-order valence-corrected chi connectivity index (χ0v) is 31.1. The number of benzene rings is 2. The Bertz CT molecular complexity index is 1470. The minimum atomic E-state index is -0.888. The second kappa shape index (κ2) is 20.7. The first-order valence-corrected chi connectivity index (χ1v) is 18.8. The fraction of sp³-hybridized carbons (Fsp3) is 0.512. The van der Waals surface area contributed by atoms with Crippen molar-refractivity contribution in [3.8, 4) is 0 Å². The van der Waals surface area contributed by atoms with Crippen LogP contribution in [-0.2, 0) is 32.0 Å². The van der Waals surface area contributed by atoms with Gasteiger partial charge in [0.05, 0.1) is 6.54 Å². The Morgan fingerprint density at radius 1 is 0.885 bits per heavy atom. The summed E-state index contributed by atoms with van der Waals surface area (Å²) in [5.41, 5.74) is 11.0. The van der Waals surface area contributed by atoms with Gasteiger partial charge < -0.3 is 36.7 Å². The summed E-state index contributed by atoms with van der Waals surface area (Å²) in [4.78, 5) is 52.0. The summed E-state index contributed by atoms with van der Waals surface area (Å²) in [6.45, 7) is 10.9. The van der Waals surface area contributed by atoms with Crippen LogP contribution in [0.4, 0.5) is 0 Å². The highest BCUT2D eigenvalue weighted by molar-refractivity contribution is 5.93. The van der Waals surface area contributed by atoms with Crippen LogP contribution in [0.3, 0.4) is 0 Å². The molecule has 0 radical (unpaired) electrons. The first kappa shape index (κ1) is 40.5. The number of nitrogens with two attached hydrogens (primary N) is 1. The first-order chi connectivity index (χ1) is 25.2. The van der Waals surface area contributed by atoms with E-state index in [1.165, 1.54) is 11.1 Å². The number of carbonyl (C=O) groups is 4. The van der Waals surface area contributed by atoms with Crippen LogP contribution >= 0.6 is 0 Å². The average Bonchev–Trinajstić information content (AvgIpc) is 3.87. The van der Waals surface area contributed by atoms with Gasteiger partial charge in [0.1, 0.15) is 17.9 Å². The molecule has 3 atom stereocenters. The van der Waals surface area contributed by atoms with Crippen molar-refractivity contribution in [2.75, 3.05) is 46.3 Å². The van der Waals surface area contributed by atoms with Gasteiger partial charge >= 0.3 is 0 Å². The summed E-state index contributed by atoms with van der Waals surface area (Å²) in [6, 6.07) is 19.0. The van der Waals surface area contributed by atoms with E-state index in [1.807, 2.05) is 74.6 Å². The predicted molar refractivity (Wildman–Crippen MR) is 206 cm³/mol. The molecule has 282 valence electrons. The molecule has 52 heavy (non-hydrogen) atoms. The molecule has 1 aliphatic carbocycles. The molecule has 1 fully saturated rings. The minimum absolute atomic E-state index is 0.0535. The van der Waals surface area contributed by atoms with E-state index in [9.17, 15) is 19.2 Å². The predicted octanol–water partition coefficient (Wildman–Crippen LogP) is 2.86. The third-order valence-electron chi connectivity index (χ3n) is 10.2. The molecule has 1 saturated carbocycles. The van der Waals surface area contributed by atoms with Crippen LogP contribution in [0, 0.1) is 0 Å². The lowest BCUT2D eigenvalue weighted by Crippen LogP contribution is -2.62. The topological polar surface area (TPSA) is 149 Å². The lowest BCUT2D eigenvalue weighted by molar-refractivity contribution is -0.134. The molecule has 2 aromatic carbocycles. The second-order valence-corrected chi connectivity index (χ2v) is 14.5. The van der Waals surface area contributed by atoms with Crippen molar-refractivity contribution in [1.29, 1.82) is 0 Å². The number of unbranched alkanes of at least 4 members (excludes halogenated alkanes) is 1. The van der Waals surface area contributed by atoms with Crippen LogP contribution in [0.2, 0.25) is 0 Å². The van der Waals surface area contributed by atoms with Crippen LogP contribution in [0.1, 0.15) is 63.0 Å². The van der Waals surface area contributed by atoms with E-state index < -0.39 is 11.6 Å². The average molecular weight is 714 g/mol. The van der Waals surface area contributed by atoms with Gasteiger partial charge in [0.15, 0.2) is 0 Å². The second-order valence-electron chi connectivity index (χ2n) is 14.5. The Hall–Kier alpha value is -4.32. The molecular weight excluding hydrogens is 654 g/mol. The fourth-order valence-corrected chi connectivity index (χ4v) is 7.28. The monoisotopic (exact) mass is 713 g/mol. The number of rotatable bonds is 19. The van der Waals surface area contributed by atoms with E-state index in [-0.39, 0.29) is 23.9 Å². The Balaban J connectivity index is 0.000000386. The highest BCUT2D eigenvalue weighted by atomic mass is 16.2. The summed E-state index contributed by atoms with van der Waals surface area (Å²) in [7, 11) is 1.95. The Morgan fingerprint density at radius 2 is 1.48 bits per heavy atom. The summed E-state index contributed by atoms with van der Waals surface area (Å²) in [5.74, 6) is -0.279. The maximum atomic E-state index is 13.8. The molecule has 0 bridgehead atoms. The van der Waals surface area contributed by atoms with Crippen molar-refractivity contribution >= 4 is 24.5 Å². The zero-order valence-electron chi connectivity index (χ0n) is 31.1. The highest BCUT2D eigenvalue weighted by Gasteiger charge is 2.44. The van der Waals surface area contributed by atoms with Gasteiger partial charge in [-0.2, -0.15) is 0 Å². The van der Waals surface area contributed by atoms with Crippen molar-refractivity contribution in [3.05, 3.63) is 95.2 Å². The van der Waals surface area contributed by atoms with E-state index in [2.05, 4.69) is 32.7 Å². The Kier molecular flexibility index (Phi) is 16.1. The SMILES string of the molecule is C=C(NC(Cc1ccccc1)C(=O)NC1(C(=O)NC(C)CCCCNC)CCCC1)C(N)Cc1ccccc1.O=CCN1CC2=C(CN(C=O)C2)C1. The molecule has 0 saturated heterocycles. The van der Waals surface area contributed by atoms with Gasteiger partial charge in [-0.3, -0.25) is 19.3 Å². The van der Waals surface area contributed by atoms with Gasteiger partial charge in [-0.25, -0.2) is 0 Å². The van der Waals surface area contributed by atoms with Crippen LogP contribution in [0.25, 0.3) is 0 Å². The number of hydrogen-bond acceptors (Lipinski definition) is 8. The summed E-state index contributed by atoms with van der Waals surface area (Å²) in [6.07, 6.45) is 9.03. The van der Waals surface area contributed by atoms with E-state index in [0.29, 0.717) is 37.9 Å². The summed E-state index contributed by atoms with van der Waals surface area (Å²) >= 11 is 0. The van der Waals surface area contributed by atoms with E-state index in [4.69, 9.17) is 5.73 Å². The molecular formula is C41H59N7O4. The molecule has 0 aromatic heterocycles. The number of nitrogens with zero attached hydrogens (tertiary/aromatic N) is 2. The third kappa shape index (κ3) is 12.1. The molecule has 2 aromatic rings. The van der Waals surface area contributed by atoms with Gasteiger partial charge in [0, 0.05) is 50.4 Å². The quantitative estimate of drug-likeness (QED) is 0.0849. The van der Waals surface area contributed by atoms with Crippen molar-refractivity contribution in [2.24, 2.45) is 5.73 Å². The summed E-state index contributed by atoms with van der Waals surface area (Å²) in [5, 5.41) is 12.9. The Morgan fingerprint density at radius 3 is 2.04 bits per heavy atom. The Labute approximate surface area is 309 Å². The lowest BCUT2D eigenvalue weighted by Gasteiger charge is -2.33. The van der Waals surface area contributed by atoms with Crippen molar-refractivity contribution in [2.45, 2.75) is 88.4 Å². The smallest absolute Gasteiger partial charge is 0.245 e. The van der Waals surface area contributed by atoms with Gasteiger partial charge in [0.25, 0.3) is 0 Å². The molecule has 3 amide bonds. The van der Waals surface area contributed by atoms with Crippen LogP contribution in [0.5, 0.6) is 0 Å². The van der Waals surface area contributed by atoms with E-state index >= 15 is 0 Å². The van der Waals surface area contributed by atoms with Crippen molar-refractivity contribution in [3.63, 3.8) is 0 Å². The maximum absolute atomic E-state index is 13.8. The first-order valence-electron chi connectivity index (χ1n) is 18.8. The standard InChI is InChI=1S/C32H47N5O2.C9H12N2O2/c1-24(14-10-13-21-34-3)35-31(39)32(19-11-12-20-32)37-30(38)29(23-27-17-8-5-9-18-27)36-25(2)28(33)22-26-15-6-4-7-16-26;12-2-1-10-3-8-5-11(7-13)6-9(8)4-10/h4-9,15-18,24,28-29,34,36H,2,10-14,19-23,33H2,1,3H3,(H,35,39)(H,37,38);2,7H,1,3-6H2. The largest absolute Gasteiger partial charge is 0.376 e. The number of hydrogen-bond donors (Lipinski definition) is 5. The molecule has 2 aliphatic heterocycles. The lowest BCUT2D eigenvalue weighted by atomic mass is 9.93. The third-order valence-corrected chi connectivity index (χ3v) is 10.2. The van der Waals surface area contributed by atoms with Crippen LogP contribution in [-0.4, -0.2) is 104 Å². The molecule has 0 spiro atoms. The highest BCUT2D eigenvalue weighted by Crippen LogP contribution is 2.31. The number of nitrogens with one attached hydrogen (secondary N) is 4. The number of carbonyl (C=O) groups excluding carboxylic acids is 4.